The van der Waals surface area contributed by atoms with Crippen molar-refractivity contribution in [3.05, 3.63) is 0 Å². The SMILES string of the molecule is CCCC(=O)CC(=O)[O-].CCCC(=O)CC(=O)[O-].COCC(C)[O][Zr+2][O]C(C)COC. The van der Waals surface area contributed by atoms with E-state index < -0.39 is 48.9 Å². The van der Waals surface area contributed by atoms with E-state index in [1.165, 1.54) is 0 Å². The van der Waals surface area contributed by atoms with Crippen LogP contribution in [0.3, 0.4) is 0 Å². The number of methoxy groups -OCH3 is 2. The van der Waals surface area contributed by atoms with Gasteiger partial charge in [-0.25, -0.2) is 0 Å². The molecule has 0 aliphatic rings. The van der Waals surface area contributed by atoms with E-state index in [-0.39, 0.29) is 23.8 Å². The van der Waals surface area contributed by atoms with Gasteiger partial charge in [0.25, 0.3) is 0 Å². The van der Waals surface area contributed by atoms with Gasteiger partial charge < -0.3 is 19.8 Å². The first-order chi connectivity index (χ1) is 14.5. The molecule has 31 heavy (non-hydrogen) atoms. The molecule has 0 fully saturated rings. The van der Waals surface area contributed by atoms with Crippen LogP contribution in [-0.2, 0) is 58.4 Å². The van der Waals surface area contributed by atoms with E-state index in [0.29, 0.717) is 38.9 Å². The van der Waals surface area contributed by atoms with Crippen molar-refractivity contribution >= 4 is 23.5 Å². The van der Waals surface area contributed by atoms with E-state index in [1.807, 2.05) is 27.7 Å². The van der Waals surface area contributed by atoms with Crippen molar-refractivity contribution in [2.75, 3.05) is 27.4 Å². The van der Waals surface area contributed by atoms with Crippen LogP contribution in [0.15, 0.2) is 0 Å². The predicted molar refractivity (Wildman–Crippen MR) is 104 cm³/mol. The fourth-order valence-electron chi connectivity index (χ4n) is 1.79. The number of carbonyl (C=O) groups is 4. The van der Waals surface area contributed by atoms with Crippen LogP contribution in [0.5, 0.6) is 0 Å². The number of carbonyl (C=O) groups excluding carboxylic acids is 4. The zero-order valence-electron chi connectivity index (χ0n) is 19.4. The van der Waals surface area contributed by atoms with Crippen LogP contribution in [-0.4, -0.2) is 63.1 Å². The maximum absolute atomic E-state index is 10.4. The summed E-state index contributed by atoms with van der Waals surface area (Å²) in [5, 5.41) is 19.5. The average Bonchev–Trinajstić information content (AvgIpc) is 2.62. The summed E-state index contributed by atoms with van der Waals surface area (Å²) in [4.78, 5) is 40.4. The third kappa shape index (κ3) is 33.8. The number of rotatable bonds is 16. The Balaban J connectivity index is -0.000000390. The van der Waals surface area contributed by atoms with Crippen molar-refractivity contribution in [2.45, 2.75) is 78.4 Å². The third-order valence-electron chi connectivity index (χ3n) is 3.04. The van der Waals surface area contributed by atoms with Crippen LogP contribution in [0.25, 0.3) is 0 Å². The molecule has 0 saturated carbocycles. The van der Waals surface area contributed by atoms with Crippen molar-refractivity contribution in [3.8, 4) is 0 Å². The Morgan fingerprint density at radius 2 is 1.06 bits per heavy atom. The number of ether oxygens (including phenoxy) is 2. The van der Waals surface area contributed by atoms with Gasteiger partial charge in [0.2, 0.25) is 0 Å². The summed E-state index contributed by atoms with van der Waals surface area (Å²) in [6, 6.07) is 0. The van der Waals surface area contributed by atoms with Gasteiger partial charge in [0.05, 0.1) is 0 Å². The molecule has 2 unspecified atom stereocenters. The molecule has 0 aliphatic heterocycles. The fourth-order valence-corrected chi connectivity index (χ4v) is 3.06. The van der Waals surface area contributed by atoms with Crippen molar-refractivity contribution in [1.29, 1.82) is 0 Å². The number of carboxylic acids is 2. The van der Waals surface area contributed by atoms with Crippen molar-refractivity contribution < 1.29 is 68.6 Å². The minimum atomic E-state index is -1.28. The number of aliphatic carboxylic acids is 2. The van der Waals surface area contributed by atoms with Gasteiger partial charge in [-0.1, -0.05) is 13.8 Å². The second kappa shape index (κ2) is 25.3. The molecule has 0 aromatic rings. The number of hydrogen-bond acceptors (Lipinski definition) is 10. The molecule has 0 N–H and O–H groups in total. The summed E-state index contributed by atoms with van der Waals surface area (Å²) < 4.78 is 20.8. The van der Waals surface area contributed by atoms with E-state index in [9.17, 15) is 29.4 Å². The molecule has 0 bridgehead atoms. The Labute approximate surface area is 197 Å². The Morgan fingerprint density at radius 1 is 0.742 bits per heavy atom. The quantitative estimate of drug-likeness (QED) is 0.251. The Kier molecular flexibility index (Phi) is 28.2. The van der Waals surface area contributed by atoms with Gasteiger partial charge in [0.15, 0.2) is 0 Å². The van der Waals surface area contributed by atoms with Gasteiger partial charge in [0.1, 0.15) is 11.6 Å². The van der Waals surface area contributed by atoms with Gasteiger partial charge in [-0.3, -0.25) is 9.59 Å². The van der Waals surface area contributed by atoms with E-state index in [2.05, 4.69) is 0 Å². The predicted octanol–water partition coefficient (Wildman–Crippen LogP) is -0.00690. The fraction of sp³-hybridized carbons (Fsp3) is 0.800. The van der Waals surface area contributed by atoms with E-state index in [4.69, 9.17) is 15.1 Å². The average molecular weight is 528 g/mol. The molecule has 0 radical (unpaired) electrons. The molecule has 180 valence electrons. The van der Waals surface area contributed by atoms with Crippen LogP contribution in [0.2, 0.25) is 0 Å². The van der Waals surface area contributed by atoms with Gasteiger partial charge in [-0.2, -0.15) is 0 Å². The number of hydrogen-bond donors (Lipinski definition) is 0. The van der Waals surface area contributed by atoms with Gasteiger partial charge in [-0.05, 0) is 12.8 Å². The van der Waals surface area contributed by atoms with Gasteiger partial charge >= 0.3 is 92.7 Å². The summed E-state index contributed by atoms with van der Waals surface area (Å²) in [7, 11) is 3.33. The second-order valence-electron chi connectivity index (χ2n) is 6.53. The summed E-state index contributed by atoms with van der Waals surface area (Å²) in [5.41, 5.74) is 0. The normalized spacial score (nSPS) is 11.5. The van der Waals surface area contributed by atoms with Crippen LogP contribution < -0.4 is 10.2 Å². The Hall–Kier alpha value is -0.997. The molecular weight excluding hydrogens is 491 g/mol. The van der Waals surface area contributed by atoms with Crippen LogP contribution in [0, 0.1) is 0 Å². The standard InChI is InChI=1S/2C6H10O3.2C4H9O2.Zr/c2*1-2-3-5(7)4-6(8)9;2*1-4(5)3-6-2;/h2*2-4H2,1H3,(H,8,9);2*4H,3H2,1-2H3;/q;;2*-1;+4/p-2. The monoisotopic (exact) mass is 526 g/mol. The van der Waals surface area contributed by atoms with E-state index in [1.54, 1.807) is 14.2 Å². The molecule has 11 heteroatoms. The summed E-state index contributed by atoms with van der Waals surface area (Å²) in [6.07, 6.45) is 1.50. The molecule has 0 aromatic carbocycles. The third-order valence-corrected chi connectivity index (χ3v) is 5.49. The minimum absolute atomic E-state index is 0.145. The summed E-state index contributed by atoms with van der Waals surface area (Å²) in [5.74, 6) is -3.07. The molecule has 0 rings (SSSR count). The van der Waals surface area contributed by atoms with Crippen molar-refractivity contribution in [3.63, 3.8) is 0 Å². The van der Waals surface area contributed by atoms with Gasteiger partial charge in [-0.15, -0.1) is 0 Å². The Morgan fingerprint density at radius 3 is 1.29 bits per heavy atom. The van der Waals surface area contributed by atoms with Crippen LogP contribution in [0.4, 0.5) is 0 Å². The zero-order chi connectivity index (χ0) is 24.7. The maximum atomic E-state index is 10.4. The zero-order valence-corrected chi connectivity index (χ0v) is 21.9. The van der Waals surface area contributed by atoms with Gasteiger partial charge in [0, 0.05) is 37.6 Å². The molecule has 0 amide bonds. The first-order valence-electron chi connectivity index (χ1n) is 10.0. The molecule has 0 saturated heterocycles. The van der Waals surface area contributed by atoms with E-state index in [0.717, 1.165) is 0 Å². The first kappa shape index (κ1) is 34.6. The molecule has 0 heterocycles. The molecule has 10 nitrogen and oxygen atoms in total. The molecule has 0 aliphatic carbocycles. The molecule has 0 aromatic heterocycles. The molecular formula is C20H36O10Zr. The summed E-state index contributed by atoms with van der Waals surface area (Å²) in [6.45, 7) is 8.87. The van der Waals surface area contributed by atoms with Crippen molar-refractivity contribution in [2.24, 2.45) is 0 Å². The number of carboxylic acid groups (broad SMARTS) is 2. The topological polar surface area (TPSA) is 151 Å². The second-order valence-corrected chi connectivity index (χ2v) is 8.09. The molecule has 0 spiro atoms. The Bertz CT molecular complexity index is 443. The van der Waals surface area contributed by atoms with Crippen LogP contribution in [0.1, 0.15) is 66.2 Å². The first-order valence-corrected chi connectivity index (χ1v) is 12.0. The number of Topliss-reactive ketones (excluding diaryl/α,β-unsaturated/α-hetero) is 2. The van der Waals surface area contributed by atoms with Crippen LogP contribution >= 0.6 is 0 Å². The number of ketones is 2. The summed E-state index contributed by atoms with van der Waals surface area (Å²) >= 11 is -1.15. The van der Waals surface area contributed by atoms with Crippen molar-refractivity contribution in [1.82, 2.24) is 0 Å². The van der Waals surface area contributed by atoms with E-state index >= 15 is 0 Å². The molecule has 2 atom stereocenters.